The number of piperidine rings is 1. The van der Waals surface area contributed by atoms with E-state index < -0.39 is 10.2 Å². The smallest absolute Gasteiger partial charge is 0.282 e. The highest BCUT2D eigenvalue weighted by Crippen LogP contribution is 2.31. The van der Waals surface area contributed by atoms with Crippen LogP contribution in [0, 0.1) is 5.92 Å². The number of hydrogen-bond acceptors (Lipinski definition) is 3. The van der Waals surface area contributed by atoms with Crippen molar-refractivity contribution in [3.05, 3.63) is 0 Å². The second-order valence-electron chi connectivity index (χ2n) is 6.39. The fourth-order valence-electron chi connectivity index (χ4n) is 3.57. The Balaban J connectivity index is 2.19. The van der Waals surface area contributed by atoms with Crippen molar-refractivity contribution in [2.45, 2.75) is 58.0 Å². The van der Waals surface area contributed by atoms with Crippen LogP contribution in [-0.2, 0) is 10.2 Å². The predicted molar refractivity (Wildman–Crippen MR) is 81.8 cm³/mol. The molecule has 0 saturated carbocycles. The van der Waals surface area contributed by atoms with E-state index in [2.05, 4.69) is 19.2 Å². The maximum Gasteiger partial charge on any atom is 0.282 e. The molecule has 0 aliphatic carbocycles. The minimum Gasteiger partial charge on any atom is -0.318 e. The third kappa shape index (κ3) is 3.18. The second kappa shape index (κ2) is 6.73. The van der Waals surface area contributed by atoms with E-state index in [1.54, 1.807) is 8.61 Å². The van der Waals surface area contributed by atoms with E-state index in [9.17, 15) is 8.42 Å². The zero-order chi connectivity index (χ0) is 14.8. The standard InChI is InChI=1S/C14H29N3O2S/c1-12(2)14-8-6-10-17(14)20(18,19)16-9-5-4-7-13(16)11-15-3/h12-15H,4-11H2,1-3H3. The van der Waals surface area contributed by atoms with Gasteiger partial charge in [-0.2, -0.15) is 17.0 Å². The van der Waals surface area contributed by atoms with Gasteiger partial charge in [0.1, 0.15) is 0 Å². The largest absolute Gasteiger partial charge is 0.318 e. The number of likely N-dealkylation sites (N-methyl/N-ethyl adjacent to an activating group) is 1. The van der Waals surface area contributed by atoms with Gasteiger partial charge in [-0.1, -0.05) is 20.3 Å². The number of hydrogen-bond donors (Lipinski definition) is 1. The van der Waals surface area contributed by atoms with Gasteiger partial charge in [0, 0.05) is 31.7 Å². The van der Waals surface area contributed by atoms with Crippen LogP contribution in [0.2, 0.25) is 0 Å². The van der Waals surface area contributed by atoms with E-state index in [-0.39, 0.29) is 12.1 Å². The lowest BCUT2D eigenvalue weighted by Gasteiger charge is -2.39. The van der Waals surface area contributed by atoms with Crippen LogP contribution in [0.15, 0.2) is 0 Å². The van der Waals surface area contributed by atoms with Crippen molar-refractivity contribution in [3.8, 4) is 0 Å². The average molecular weight is 303 g/mol. The Bertz CT molecular complexity index is 409. The number of nitrogens with zero attached hydrogens (tertiary/aromatic N) is 2. The summed E-state index contributed by atoms with van der Waals surface area (Å²) in [5, 5.41) is 3.14. The molecule has 2 fully saturated rings. The Morgan fingerprint density at radius 1 is 1.10 bits per heavy atom. The molecule has 0 spiro atoms. The molecule has 2 atom stereocenters. The average Bonchev–Trinajstić information content (AvgIpc) is 2.89. The lowest BCUT2D eigenvalue weighted by atomic mass is 10.0. The van der Waals surface area contributed by atoms with Crippen molar-refractivity contribution >= 4 is 10.2 Å². The third-order valence-electron chi connectivity index (χ3n) is 4.62. The molecule has 2 unspecified atom stereocenters. The van der Waals surface area contributed by atoms with Gasteiger partial charge in [0.05, 0.1) is 0 Å². The third-order valence-corrected chi connectivity index (χ3v) is 6.74. The van der Waals surface area contributed by atoms with E-state index in [0.29, 0.717) is 19.0 Å². The Morgan fingerprint density at radius 2 is 1.80 bits per heavy atom. The van der Waals surface area contributed by atoms with Gasteiger partial charge >= 0.3 is 0 Å². The summed E-state index contributed by atoms with van der Waals surface area (Å²) in [7, 11) is -1.41. The summed E-state index contributed by atoms with van der Waals surface area (Å²) in [6, 6.07) is 0.296. The first-order valence-electron chi connectivity index (χ1n) is 7.91. The van der Waals surface area contributed by atoms with Gasteiger partial charge in [-0.25, -0.2) is 0 Å². The van der Waals surface area contributed by atoms with Crippen LogP contribution in [-0.4, -0.2) is 55.8 Å². The molecular formula is C14H29N3O2S. The summed E-state index contributed by atoms with van der Waals surface area (Å²) in [6.45, 7) is 6.36. The highest BCUT2D eigenvalue weighted by atomic mass is 32.2. The molecule has 0 aromatic carbocycles. The SMILES string of the molecule is CNCC1CCCCN1S(=O)(=O)N1CCCC1C(C)C. The lowest BCUT2D eigenvalue weighted by Crippen LogP contribution is -2.54. The molecule has 0 bridgehead atoms. The first-order valence-corrected chi connectivity index (χ1v) is 9.31. The molecule has 5 nitrogen and oxygen atoms in total. The van der Waals surface area contributed by atoms with Crippen LogP contribution in [0.5, 0.6) is 0 Å². The molecule has 118 valence electrons. The van der Waals surface area contributed by atoms with Crippen LogP contribution in [0.3, 0.4) is 0 Å². The quantitative estimate of drug-likeness (QED) is 0.836. The first-order chi connectivity index (χ1) is 9.48. The molecule has 2 heterocycles. The molecule has 2 rings (SSSR count). The van der Waals surface area contributed by atoms with Crippen molar-refractivity contribution in [2.75, 3.05) is 26.7 Å². The van der Waals surface area contributed by atoms with Crippen molar-refractivity contribution in [1.29, 1.82) is 0 Å². The van der Waals surface area contributed by atoms with E-state index in [1.165, 1.54) is 0 Å². The summed E-state index contributed by atoms with van der Waals surface area (Å²) < 4.78 is 29.6. The monoisotopic (exact) mass is 303 g/mol. The predicted octanol–water partition coefficient (Wildman–Crippen LogP) is 1.43. The Labute approximate surface area is 123 Å². The number of rotatable bonds is 5. The van der Waals surface area contributed by atoms with Gasteiger partial charge in [0.15, 0.2) is 0 Å². The van der Waals surface area contributed by atoms with Gasteiger partial charge in [0.2, 0.25) is 0 Å². The minimum absolute atomic E-state index is 0.118. The molecule has 2 aliphatic rings. The molecule has 0 aromatic heterocycles. The minimum atomic E-state index is -3.30. The summed E-state index contributed by atoms with van der Waals surface area (Å²) in [4.78, 5) is 0. The van der Waals surface area contributed by atoms with E-state index in [0.717, 1.165) is 38.6 Å². The Hall–Kier alpha value is -0.170. The highest BCUT2D eigenvalue weighted by Gasteiger charge is 2.42. The van der Waals surface area contributed by atoms with Crippen molar-refractivity contribution < 1.29 is 8.42 Å². The summed E-state index contributed by atoms with van der Waals surface area (Å²) in [5.74, 6) is 0.389. The summed E-state index contributed by atoms with van der Waals surface area (Å²) in [5.41, 5.74) is 0. The molecule has 6 heteroatoms. The van der Waals surface area contributed by atoms with Crippen LogP contribution >= 0.6 is 0 Å². The molecular weight excluding hydrogens is 274 g/mol. The highest BCUT2D eigenvalue weighted by molar-refractivity contribution is 7.86. The van der Waals surface area contributed by atoms with Crippen molar-refractivity contribution in [2.24, 2.45) is 5.92 Å². The Kier molecular flexibility index (Phi) is 5.45. The molecule has 2 aliphatic heterocycles. The topological polar surface area (TPSA) is 52.7 Å². The molecule has 2 saturated heterocycles. The van der Waals surface area contributed by atoms with Gasteiger partial charge in [-0.3, -0.25) is 0 Å². The van der Waals surface area contributed by atoms with E-state index >= 15 is 0 Å². The van der Waals surface area contributed by atoms with Crippen LogP contribution in [0.4, 0.5) is 0 Å². The van der Waals surface area contributed by atoms with Crippen LogP contribution < -0.4 is 5.32 Å². The molecule has 0 aromatic rings. The Morgan fingerprint density at radius 3 is 2.45 bits per heavy atom. The van der Waals surface area contributed by atoms with Gasteiger partial charge in [-0.05, 0) is 38.6 Å². The molecule has 20 heavy (non-hydrogen) atoms. The first kappa shape index (κ1) is 16.2. The second-order valence-corrected chi connectivity index (χ2v) is 8.22. The normalized spacial score (nSPS) is 30.2. The van der Waals surface area contributed by atoms with E-state index in [4.69, 9.17) is 0 Å². The fourth-order valence-corrected chi connectivity index (χ4v) is 5.81. The number of nitrogens with one attached hydrogen (secondary N) is 1. The lowest BCUT2D eigenvalue weighted by molar-refractivity contribution is 0.216. The molecule has 1 N–H and O–H groups in total. The summed E-state index contributed by atoms with van der Waals surface area (Å²) >= 11 is 0. The fraction of sp³-hybridized carbons (Fsp3) is 1.00. The van der Waals surface area contributed by atoms with Crippen LogP contribution in [0.25, 0.3) is 0 Å². The zero-order valence-corrected chi connectivity index (χ0v) is 13.8. The maximum absolute atomic E-state index is 13.0. The van der Waals surface area contributed by atoms with Gasteiger partial charge < -0.3 is 5.32 Å². The molecule has 0 amide bonds. The summed E-state index contributed by atoms with van der Waals surface area (Å²) in [6.07, 6.45) is 5.08. The van der Waals surface area contributed by atoms with Gasteiger partial charge in [0.25, 0.3) is 10.2 Å². The van der Waals surface area contributed by atoms with Crippen molar-refractivity contribution in [3.63, 3.8) is 0 Å². The maximum atomic E-state index is 13.0. The van der Waals surface area contributed by atoms with E-state index in [1.807, 2.05) is 7.05 Å². The molecule has 0 radical (unpaired) electrons. The van der Waals surface area contributed by atoms with Crippen LogP contribution in [0.1, 0.15) is 46.0 Å². The van der Waals surface area contributed by atoms with Crippen molar-refractivity contribution in [1.82, 2.24) is 13.9 Å². The zero-order valence-electron chi connectivity index (χ0n) is 13.0. The van der Waals surface area contributed by atoms with Gasteiger partial charge in [-0.15, -0.1) is 0 Å².